The molecule has 0 spiro atoms. The van der Waals surface area contributed by atoms with Gasteiger partial charge >= 0.3 is 6.03 Å². The Labute approximate surface area is 170 Å². The second-order valence-corrected chi connectivity index (χ2v) is 7.32. The Morgan fingerprint density at radius 3 is 2.76 bits per heavy atom. The normalized spacial score (nSPS) is 19.3. The lowest BCUT2D eigenvalue weighted by atomic mass is 10.1. The molecule has 0 aromatic heterocycles. The summed E-state index contributed by atoms with van der Waals surface area (Å²) < 4.78 is 14.6. The number of nitrogens with one attached hydrogen (secondary N) is 1. The van der Waals surface area contributed by atoms with Crippen LogP contribution in [0.25, 0.3) is 0 Å². The summed E-state index contributed by atoms with van der Waals surface area (Å²) in [7, 11) is 0. The van der Waals surface area contributed by atoms with Gasteiger partial charge in [0, 0.05) is 37.8 Å². The summed E-state index contributed by atoms with van der Waals surface area (Å²) >= 11 is 0. The molecule has 3 N–H and O–H groups in total. The molecular weight excluding hydrogens is 373 g/mol. The highest BCUT2D eigenvalue weighted by Crippen LogP contribution is 2.24. The summed E-state index contributed by atoms with van der Waals surface area (Å²) in [6, 6.07) is 4.19. The van der Waals surface area contributed by atoms with Gasteiger partial charge in [0.2, 0.25) is 0 Å². The molecule has 1 aromatic carbocycles. The van der Waals surface area contributed by atoms with Crippen LogP contribution >= 0.6 is 0 Å². The molecule has 1 atom stereocenters. The van der Waals surface area contributed by atoms with E-state index in [1.807, 2.05) is 13.0 Å². The number of urea groups is 1. The van der Waals surface area contributed by atoms with Crippen LogP contribution in [0, 0.1) is 5.82 Å². The lowest BCUT2D eigenvalue weighted by Gasteiger charge is -2.24. The van der Waals surface area contributed by atoms with Crippen LogP contribution in [0.5, 0.6) is 0 Å². The van der Waals surface area contributed by atoms with Gasteiger partial charge in [-0.05, 0) is 43.3 Å². The molecule has 29 heavy (non-hydrogen) atoms. The Kier molecular flexibility index (Phi) is 6.53. The van der Waals surface area contributed by atoms with Crippen molar-refractivity contribution in [2.24, 2.45) is 5.73 Å². The molecule has 7 nitrogen and oxygen atoms in total. The summed E-state index contributed by atoms with van der Waals surface area (Å²) in [6.07, 6.45) is 6.56. The molecule has 3 rings (SSSR count). The number of allylic oxidation sites excluding steroid dienone is 2. The van der Waals surface area contributed by atoms with Crippen LogP contribution < -0.4 is 16.0 Å². The van der Waals surface area contributed by atoms with Crippen LogP contribution in [-0.4, -0.2) is 60.6 Å². The maximum Gasteiger partial charge on any atom is 0.322 e. The minimum absolute atomic E-state index is 0.194. The zero-order valence-electron chi connectivity index (χ0n) is 16.9. The van der Waals surface area contributed by atoms with Crippen molar-refractivity contribution in [1.82, 2.24) is 15.1 Å². The Morgan fingerprint density at radius 1 is 1.34 bits per heavy atom. The monoisotopic (exact) mass is 401 g/mol. The molecule has 156 valence electrons. The molecule has 0 bridgehead atoms. The number of carbonyl (C=O) groups excluding carboxylic acids is 2. The van der Waals surface area contributed by atoms with E-state index in [1.54, 1.807) is 17.2 Å². The lowest BCUT2D eigenvalue weighted by molar-refractivity contribution is 0.0756. The highest BCUT2D eigenvalue weighted by atomic mass is 19.1. The average molecular weight is 401 g/mol. The van der Waals surface area contributed by atoms with E-state index in [4.69, 9.17) is 5.73 Å². The zero-order chi connectivity index (χ0) is 21.0. The van der Waals surface area contributed by atoms with Crippen molar-refractivity contribution in [2.75, 3.05) is 37.7 Å². The summed E-state index contributed by atoms with van der Waals surface area (Å²) in [5, 5.41) is 2.64. The van der Waals surface area contributed by atoms with Gasteiger partial charge in [0.15, 0.2) is 0 Å². The van der Waals surface area contributed by atoms with Crippen LogP contribution in [0.2, 0.25) is 0 Å². The smallest absolute Gasteiger partial charge is 0.322 e. The number of nitrogens with two attached hydrogens (primary N) is 1. The summed E-state index contributed by atoms with van der Waals surface area (Å²) in [6.45, 7) is 6.77. The molecule has 0 aliphatic carbocycles. The third kappa shape index (κ3) is 4.59. The molecule has 2 heterocycles. The van der Waals surface area contributed by atoms with Gasteiger partial charge in [-0.25, -0.2) is 9.18 Å². The second-order valence-electron chi connectivity index (χ2n) is 7.32. The van der Waals surface area contributed by atoms with Crippen LogP contribution in [0.1, 0.15) is 30.6 Å². The Hall–Kier alpha value is -2.87. The minimum atomic E-state index is -0.567. The van der Waals surface area contributed by atoms with Gasteiger partial charge in [-0.15, -0.1) is 0 Å². The molecule has 1 aromatic rings. The molecule has 0 radical (unpaired) electrons. The highest BCUT2D eigenvalue weighted by molar-refractivity contribution is 5.97. The van der Waals surface area contributed by atoms with Gasteiger partial charge in [-0.3, -0.25) is 14.6 Å². The average Bonchev–Trinajstić information content (AvgIpc) is 3.37. The first-order valence-corrected chi connectivity index (χ1v) is 9.89. The maximum absolute atomic E-state index is 14.6. The summed E-state index contributed by atoms with van der Waals surface area (Å²) in [5.41, 5.74) is 6.98. The maximum atomic E-state index is 14.6. The topological polar surface area (TPSA) is 81.9 Å². The van der Waals surface area contributed by atoms with E-state index >= 15 is 0 Å². The molecule has 2 aliphatic heterocycles. The standard InChI is InChI=1S/C21H28FN5O2/c1-3-17(6-4-15(2)13-23)25-10-11-26(14-25)20(28)16-5-7-19(18(22)12-16)27-9-8-24-21(27)29/h4-7,12-13,17H,3,8-11,14,23H2,1-2H3,(H,24,29)/b6-4-,15-13-. The summed E-state index contributed by atoms with van der Waals surface area (Å²) in [5.74, 6) is -0.775. The molecule has 2 saturated heterocycles. The van der Waals surface area contributed by atoms with E-state index in [0.717, 1.165) is 18.5 Å². The fourth-order valence-electron chi connectivity index (χ4n) is 3.62. The molecule has 3 amide bonds. The van der Waals surface area contributed by atoms with Gasteiger partial charge < -0.3 is 16.0 Å². The second kappa shape index (κ2) is 9.09. The third-order valence-corrected chi connectivity index (χ3v) is 5.37. The molecule has 2 fully saturated rings. The first-order valence-electron chi connectivity index (χ1n) is 9.89. The minimum Gasteiger partial charge on any atom is -0.404 e. The van der Waals surface area contributed by atoms with Gasteiger partial charge in [0.1, 0.15) is 5.82 Å². The van der Waals surface area contributed by atoms with E-state index < -0.39 is 5.82 Å². The predicted octanol–water partition coefficient (Wildman–Crippen LogP) is 2.27. The Bertz CT molecular complexity index is 838. The van der Waals surface area contributed by atoms with Gasteiger partial charge in [-0.2, -0.15) is 0 Å². The number of carbonyl (C=O) groups is 2. The van der Waals surface area contributed by atoms with Crippen LogP contribution in [-0.2, 0) is 0 Å². The van der Waals surface area contributed by atoms with Crippen molar-refractivity contribution in [3.05, 3.63) is 53.5 Å². The predicted molar refractivity (Wildman–Crippen MR) is 111 cm³/mol. The van der Waals surface area contributed by atoms with Gasteiger partial charge in [0.05, 0.1) is 12.4 Å². The van der Waals surface area contributed by atoms with E-state index in [-0.39, 0.29) is 23.7 Å². The van der Waals surface area contributed by atoms with Crippen molar-refractivity contribution in [3.63, 3.8) is 0 Å². The molecular formula is C21H28FN5O2. The number of hydrogen-bond acceptors (Lipinski definition) is 4. The zero-order valence-corrected chi connectivity index (χ0v) is 16.9. The van der Waals surface area contributed by atoms with Crippen molar-refractivity contribution in [1.29, 1.82) is 0 Å². The van der Waals surface area contributed by atoms with Crippen LogP contribution in [0.4, 0.5) is 14.9 Å². The van der Waals surface area contributed by atoms with E-state index in [0.29, 0.717) is 31.9 Å². The van der Waals surface area contributed by atoms with Crippen molar-refractivity contribution in [2.45, 2.75) is 26.3 Å². The quantitative estimate of drug-likeness (QED) is 0.717. The number of hydrogen-bond donors (Lipinski definition) is 2. The third-order valence-electron chi connectivity index (χ3n) is 5.37. The first-order chi connectivity index (χ1) is 13.9. The number of halogens is 1. The Morgan fingerprint density at radius 2 is 2.14 bits per heavy atom. The highest BCUT2D eigenvalue weighted by Gasteiger charge is 2.29. The van der Waals surface area contributed by atoms with Crippen LogP contribution in [0.15, 0.2) is 42.1 Å². The van der Waals surface area contributed by atoms with Crippen molar-refractivity contribution in [3.8, 4) is 0 Å². The largest absolute Gasteiger partial charge is 0.404 e. The SMILES string of the molecule is CCC(/C=C\C(C)=C/N)N1CCN(C(=O)c2ccc(N3CCNC3=O)c(F)c2)C1. The van der Waals surface area contributed by atoms with E-state index in [1.165, 1.54) is 17.0 Å². The Balaban J connectivity index is 1.67. The molecule has 1 unspecified atom stereocenters. The number of amides is 3. The van der Waals surface area contributed by atoms with E-state index in [9.17, 15) is 14.0 Å². The first kappa shape index (κ1) is 20.9. The fourth-order valence-corrected chi connectivity index (χ4v) is 3.62. The molecule has 0 saturated carbocycles. The number of nitrogens with zero attached hydrogens (tertiary/aromatic N) is 3. The van der Waals surface area contributed by atoms with Gasteiger partial charge in [0.25, 0.3) is 5.91 Å². The lowest BCUT2D eigenvalue weighted by Crippen LogP contribution is -2.35. The fraction of sp³-hybridized carbons (Fsp3) is 0.429. The number of benzene rings is 1. The van der Waals surface area contributed by atoms with Crippen molar-refractivity contribution < 1.29 is 14.0 Å². The number of rotatable bonds is 6. The van der Waals surface area contributed by atoms with Gasteiger partial charge in [-0.1, -0.05) is 19.1 Å². The van der Waals surface area contributed by atoms with Crippen LogP contribution in [0.3, 0.4) is 0 Å². The summed E-state index contributed by atoms with van der Waals surface area (Å²) in [4.78, 5) is 29.9. The number of anilines is 1. The van der Waals surface area contributed by atoms with E-state index in [2.05, 4.69) is 23.2 Å². The molecule has 8 heteroatoms. The molecule has 2 aliphatic rings. The van der Waals surface area contributed by atoms with Crippen molar-refractivity contribution >= 4 is 17.6 Å².